The SMILES string of the molecule is CC(=O)C1(c2ccccc2)CCN(Cc2ccc(C(=O)Nc3ccc(C)cc3)cc2)CC1. The van der Waals surface area contributed by atoms with E-state index >= 15 is 0 Å². The van der Waals surface area contributed by atoms with Crippen LogP contribution in [0.5, 0.6) is 0 Å². The summed E-state index contributed by atoms with van der Waals surface area (Å²) in [6.45, 7) is 6.33. The van der Waals surface area contributed by atoms with Crippen molar-refractivity contribution in [3.63, 3.8) is 0 Å². The molecule has 0 atom stereocenters. The van der Waals surface area contributed by atoms with E-state index in [9.17, 15) is 9.59 Å². The van der Waals surface area contributed by atoms with Crippen molar-refractivity contribution in [3.05, 3.63) is 101 Å². The Balaban J connectivity index is 1.36. The Morgan fingerprint density at radius 2 is 1.50 bits per heavy atom. The number of hydrogen-bond acceptors (Lipinski definition) is 3. The standard InChI is InChI=1S/C28H30N2O2/c1-21-8-14-26(15-9-21)29-27(32)24-12-10-23(11-13-24)20-30-18-16-28(17-19-30,22(2)31)25-6-4-3-5-7-25/h3-15H,16-20H2,1-2H3,(H,29,32). The molecule has 1 saturated heterocycles. The topological polar surface area (TPSA) is 49.4 Å². The Morgan fingerprint density at radius 3 is 2.09 bits per heavy atom. The van der Waals surface area contributed by atoms with Crippen LogP contribution in [0.25, 0.3) is 0 Å². The van der Waals surface area contributed by atoms with Crippen molar-refractivity contribution in [2.75, 3.05) is 18.4 Å². The second kappa shape index (κ2) is 9.49. The molecule has 32 heavy (non-hydrogen) atoms. The minimum absolute atomic E-state index is 0.104. The predicted molar refractivity (Wildman–Crippen MR) is 129 cm³/mol. The number of amides is 1. The number of nitrogens with one attached hydrogen (secondary N) is 1. The second-order valence-corrected chi connectivity index (χ2v) is 8.80. The number of likely N-dealkylation sites (tertiary alicyclic amines) is 1. The van der Waals surface area contributed by atoms with Crippen molar-refractivity contribution in [3.8, 4) is 0 Å². The lowest BCUT2D eigenvalue weighted by Crippen LogP contribution is -2.46. The van der Waals surface area contributed by atoms with Crippen LogP contribution in [0.2, 0.25) is 0 Å². The lowest BCUT2D eigenvalue weighted by atomic mass is 9.70. The quantitative estimate of drug-likeness (QED) is 0.576. The van der Waals surface area contributed by atoms with Crippen LogP contribution in [0.4, 0.5) is 5.69 Å². The maximum Gasteiger partial charge on any atom is 0.255 e. The Morgan fingerprint density at radius 1 is 0.875 bits per heavy atom. The number of aryl methyl sites for hydroxylation is 1. The highest BCUT2D eigenvalue weighted by Gasteiger charge is 2.40. The molecule has 4 nitrogen and oxygen atoms in total. The van der Waals surface area contributed by atoms with Gasteiger partial charge in [0.15, 0.2) is 0 Å². The van der Waals surface area contributed by atoms with Gasteiger partial charge in [-0.15, -0.1) is 0 Å². The Bertz CT molecular complexity index is 1060. The second-order valence-electron chi connectivity index (χ2n) is 8.80. The van der Waals surface area contributed by atoms with Crippen LogP contribution < -0.4 is 5.32 Å². The molecule has 0 radical (unpaired) electrons. The molecule has 0 bridgehead atoms. The van der Waals surface area contributed by atoms with Crippen molar-refractivity contribution >= 4 is 17.4 Å². The molecule has 1 aliphatic rings. The summed E-state index contributed by atoms with van der Waals surface area (Å²) in [5.41, 5.74) is 4.55. The lowest BCUT2D eigenvalue weighted by Gasteiger charge is -2.40. The van der Waals surface area contributed by atoms with Crippen LogP contribution in [0.3, 0.4) is 0 Å². The van der Waals surface area contributed by atoms with Crippen LogP contribution in [0.15, 0.2) is 78.9 Å². The number of ketones is 1. The predicted octanol–water partition coefficient (Wildman–Crippen LogP) is 5.37. The number of carbonyl (C=O) groups excluding carboxylic acids is 2. The zero-order valence-corrected chi connectivity index (χ0v) is 18.8. The molecule has 4 rings (SSSR count). The first-order valence-electron chi connectivity index (χ1n) is 11.2. The number of rotatable bonds is 6. The highest BCUT2D eigenvalue weighted by atomic mass is 16.1. The van der Waals surface area contributed by atoms with Crippen molar-refractivity contribution in [2.45, 2.75) is 38.6 Å². The summed E-state index contributed by atoms with van der Waals surface area (Å²) in [7, 11) is 0. The smallest absolute Gasteiger partial charge is 0.255 e. The molecule has 1 amide bonds. The van der Waals surface area contributed by atoms with Gasteiger partial charge in [0.2, 0.25) is 0 Å². The summed E-state index contributed by atoms with van der Waals surface area (Å²) in [6.07, 6.45) is 1.67. The number of Topliss-reactive ketones (excluding diaryl/α,β-unsaturated/α-hetero) is 1. The van der Waals surface area contributed by atoms with E-state index in [0.717, 1.165) is 49.3 Å². The minimum atomic E-state index is -0.365. The van der Waals surface area contributed by atoms with Crippen molar-refractivity contribution in [1.29, 1.82) is 0 Å². The number of anilines is 1. The summed E-state index contributed by atoms with van der Waals surface area (Å²) in [5.74, 6) is 0.153. The number of carbonyl (C=O) groups is 2. The molecule has 0 aliphatic carbocycles. The third-order valence-corrected chi connectivity index (χ3v) is 6.64. The Kier molecular flexibility index (Phi) is 6.52. The van der Waals surface area contributed by atoms with E-state index in [-0.39, 0.29) is 17.1 Å². The van der Waals surface area contributed by atoms with Gasteiger partial charge in [0.25, 0.3) is 5.91 Å². The molecular formula is C28H30N2O2. The number of benzene rings is 3. The van der Waals surface area contributed by atoms with Gasteiger partial charge in [-0.1, -0.05) is 60.2 Å². The Hall–Kier alpha value is -3.24. The summed E-state index contributed by atoms with van der Waals surface area (Å²) in [6, 6.07) is 25.8. The van der Waals surface area contributed by atoms with Gasteiger partial charge in [-0.25, -0.2) is 0 Å². The molecule has 1 aliphatic heterocycles. The molecule has 0 saturated carbocycles. The third-order valence-electron chi connectivity index (χ3n) is 6.64. The number of nitrogens with zero attached hydrogens (tertiary/aromatic N) is 1. The Labute approximate surface area is 190 Å². The summed E-state index contributed by atoms with van der Waals surface area (Å²) in [4.78, 5) is 27.5. The molecule has 1 heterocycles. The molecule has 0 unspecified atom stereocenters. The molecule has 0 spiro atoms. The highest BCUT2D eigenvalue weighted by molar-refractivity contribution is 6.04. The van der Waals surface area contributed by atoms with Gasteiger partial charge >= 0.3 is 0 Å². The van der Waals surface area contributed by atoms with E-state index in [0.29, 0.717) is 5.56 Å². The van der Waals surface area contributed by atoms with Gasteiger partial charge in [-0.2, -0.15) is 0 Å². The van der Waals surface area contributed by atoms with Crippen molar-refractivity contribution < 1.29 is 9.59 Å². The van der Waals surface area contributed by atoms with E-state index < -0.39 is 0 Å². The van der Waals surface area contributed by atoms with Crippen molar-refractivity contribution in [2.24, 2.45) is 0 Å². The monoisotopic (exact) mass is 426 g/mol. The molecule has 0 aromatic heterocycles. The van der Waals surface area contributed by atoms with E-state index in [1.807, 2.05) is 73.7 Å². The van der Waals surface area contributed by atoms with Crippen LogP contribution in [0.1, 0.15) is 46.8 Å². The highest BCUT2D eigenvalue weighted by Crippen LogP contribution is 2.36. The van der Waals surface area contributed by atoms with Crippen molar-refractivity contribution in [1.82, 2.24) is 4.90 Å². The van der Waals surface area contributed by atoms with Gasteiger partial charge in [-0.05, 0) is 75.2 Å². The van der Waals surface area contributed by atoms with Crippen LogP contribution >= 0.6 is 0 Å². The molecule has 4 heteroatoms. The van der Waals surface area contributed by atoms with Crippen LogP contribution in [-0.4, -0.2) is 29.7 Å². The summed E-state index contributed by atoms with van der Waals surface area (Å²) in [5, 5.41) is 2.94. The average molecular weight is 427 g/mol. The fourth-order valence-corrected chi connectivity index (χ4v) is 4.55. The molecule has 1 N–H and O–H groups in total. The van der Waals surface area contributed by atoms with Gasteiger partial charge in [0.05, 0.1) is 5.41 Å². The normalized spacial score (nSPS) is 15.8. The number of piperidine rings is 1. The van der Waals surface area contributed by atoms with E-state index in [1.54, 1.807) is 6.92 Å². The fraction of sp³-hybridized carbons (Fsp3) is 0.286. The first kappa shape index (κ1) is 22.0. The first-order valence-corrected chi connectivity index (χ1v) is 11.2. The van der Waals surface area contributed by atoms with Gasteiger partial charge in [-0.3, -0.25) is 14.5 Å². The van der Waals surface area contributed by atoms with Crippen LogP contribution in [0, 0.1) is 6.92 Å². The molecule has 3 aromatic rings. The average Bonchev–Trinajstić information content (AvgIpc) is 2.82. The molecule has 1 fully saturated rings. The summed E-state index contributed by atoms with van der Waals surface area (Å²) >= 11 is 0. The summed E-state index contributed by atoms with van der Waals surface area (Å²) < 4.78 is 0. The third kappa shape index (κ3) is 4.81. The van der Waals surface area contributed by atoms with Gasteiger partial charge in [0.1, 0.15) is 5.78 Å². The molecule has 3 aromatic carbocycles. The molecule has 164 valence electrons. The maximum atomic E-state index is 12.6. The van der Waals surface area contributed by atoms with E-state index in [4.69, 9.17) is 0 Å². The largest absolute Gasteiger partial charge is 0.322 e. The van der Waals surface area contributed by atoms with Crippen LogP contribution in [-0.2, 0) is 16.8 Å². The fourth-order valence-electron chi connectivity index (χ4n) is 4.55. The first-order chi connectivity index (χ1) is 15.5. The van der Waals surface area contributed by atoms with Gasteiger partial charge in [0, 0.05) is 17.8 Å². The zero-order valence-electron chi connectivity index (χ0n) is 18.8. The lowest BCUT2D eigenvalue weighted by molar-refractivity contribution is -0.124. The molecular weight excluding hydrogens is 396 g/mol. The zero-order chi connectivity index (χ0) is 22.6. The van der Waals surface area contributed by atoms with E-state index in [1.165, 1.54) is 5.56 Å². The maximum absolute atomic E-state index is 12.6. The van der Waals surface area contributed by atoms with Gasteiger partial charge < -0.3 is 5.32 Å². The van der Waals surface area contributed by atoms with E-state index in [2.05, 4.69) is 22.3 Å². The minimum Gasteiger partial charge on any atom is -0.322 e. The number of hydrogen-bond donors (Lipinski definition) is 1.